The lowest BCUT2D eigenvalue weighted by Gasteiger charge is -2.51. The van der Waals surface area contributed by atoms with Crippen LogP contribution in [0, 0.1) is 0 Å². The molecule has 4 N–H and O–H groups in total. The second-order valence-corrected chi connectivity index (χ2v) is 11.7. The molecule has 30 heavy (non-hydrogen) atoms. The van der Waals surface area contributed by atoms with E-state index in [0.29, 0.717) is 25.7 Å². The van der Waals surface area contributed by atoms with E-state index in [1.165, 1.54) is 10.1 Å². The van der Waals surface area contributed by atoms with Crippen molar-refractivity contribution in [2.45, 2.75) is 128 Å². The number of piperidine rings is 2. The van der Waals surface area contributed by atoms with Crippen LogP contribution >= 0.6 is 0 Å². The molecule has 2 heterocycles. The molecule has 0 atom stereocenters. The summed E-state index contributed by atoms with van der Waals surface area (Å²) in [4.78, 5) is 24.9. The summed E-state index contributed by atoms with van der Waals surface area (Å²) in [5, 5.41) is 29.6. The molecule has 2 fully saturated rings. The Kier molecular flexibility index (Phi) is 6.99. The van der Waals surface area contributed by atoms with Crippen molar-refractivity contribution in [2.75, 3.05) is 0 Å². The Morgan fingerprint density at radius 1 is 0.667 bits per heavy atom. The van der Waals surface area contributed by atoms with Crippen molar-refractivity contribution < 1.29 is 20.0 Å². The van der Waals surface area contributed by atoms with Gasteiger partial charge in [0.1, 0.15) is 0 Å². The Bertz CT molecular complexity index is 568. The Hall–Kier alpha value is -1.22. The highest BCUT2D eigenvalue weighted by Gasteiger charge is 2.46. The van der Waals surface area contributed by atoms with Crippen LogP contribution in [0.2, 0.25) is 0 Å². The van der Waals surface area contributed by atoms with E-state index in [1.807, 2.05) is 55.4 Å². The molecule has 2 saturated heterocycles. The third-order valence-electron chi connectivity index (χ3n) is 6.59. The minimum atomic E-state index is -0.432. The van der Waals surface area contributed by atoms with Crippen molar-refractivity contribution in [1.29, 1.82) is 0 Å². The summed E-state index contributed by atoms with van der Waals surface area (Å²) in [6, 6.07) is -0.0751. The molecule has 0 radical (unpaired) electrons. The number of carbonyl (C=O) groups is 2. The fraction of sp³-hybridized carbons (Fsp3) is 0.909. The quantitative estimate of drug-likeness (QED) is 0.539. The number of amides is 2. The molecular formula is C22H42N4O4. The van der Waals surface area contributed by atoms with Crippen LogP contribution in [0.15, 0.2) is 0 Å². The summed E-state index contributed by atoms with van der Waals surface area (Å²) >= 11 is 0. The van der Waals surface area contributed by atoms with Gasteiger partial charge < -0.3 is 21.0 Å². The van der Waals surface area contributed by atoms with Crippen LogP contribution in [0.1, 0.15) is 93.9 Å². The maximum Gasteiger partial charge on any atom is 0.220 e. The van der Waals surface area contributed by atoms with E-state index in [4.69, 9.17) is 0 Å². The average molecular weight is 427 g/mol. The molecule has 0 aromatic carbocycles. The SMILES string of the molecule is CC1(C)CC(NC(=O)CCC(=O)NC2CC(C)(C)N(O)C(C)(C)C2)CC(C)(C)N1O. The Morgan fingerprint density at radius 2 is 0.900 bits per heavy atom. The lowest BCUT2D eigenvalue weighted by molar-refractivity contribution is -0.246. The Labute approximate surface area is 181 Å². The van der Waals surface area contributed by atoms with Gasteiger partial charge in [0.25, 0.3) is 0 Å². The molecule has 0 aliphatic carbocycles. The highest BCUT2D eigenvalue weighted by Crippen LogP contribution is 2.37. The topological polar surface area (TPSA) is 105 Å². The van der Waals surface area contributed by atoms with E-state index >= 15 is 0 Å². The monoisotopic (exact) mass is 426 g/mol. The van der Waals surface area contributed by atoms with Crippen LogP contribution in [0.5, 0.6) is 0 Å². The van der Waals surface area contributed by atoms with Gasteiger partial charge in [-0.05, 0) is 81.1 Å². The summed E-state index contributed by atoms with van der Waals surface area (Å²) in [5.74, 6) is -0.280. The summed E-state index contributed by atoms with van der Waals surface area (Å²) in [7, 11) is 0. The van der Waals surface area contributed by atoms with Gasteiger partial charge in [-0.3, -0.25) is 9.59 Å². The molecule has 174 valence electrons. The molecule has 0 saturated carbocycles. The predicted octanol–water partition coefficient (Wildman–Crippen LogP) is 2.82. The molecule has 2 aliphatic rings. The molecule has 8 heteroatoms. The van der Waals surface area contributed by atoms with Gasteiger partial charge in [0.15, 0.2) is 0 Å². The zero-order valence-electron chi connectivity index (χ0n) is 20.0. The maximum atomic E-state index is 12.5. The molecule has 2 amide bonds. The first-order chi connectivity index (χ1) is 13.5. The third-order valence-corrected chi connectivity index (χ3v) is 6.59. The standard InChI is InChI=1S/C22H42N4O4/c1-19(2)11-15(12-20(3,4)25(19)29)23-17(27)9-10-18(28)24-16-13-21(5,6)26(30)22(7,8)14-16/h15-16,29-30H,9-14H2,1-8H3,(H,23,27)(H,24,28). The normalized spacial score (nSPS) is 26.9. The largest absolute Gasteiger partial charge is 0.353 e. The van der Waals surface area contributed by atoms with Crippen molar-refractivity contribution >= 4 is 11.8 Å². The van der Waals surface area contributed by atoms with E-state index in [-0.39, 0.29) is 36.7 Å². The zero-order chi connectivity index (χ0) is 23.1. The second-order valence-electron chi connectivity index (χ2n) is 11.7. The van der Waals surface area contributed by atoms with Gasteiger partial charge in [0.05, 0.1) is 0 Å². The third kappa shape index (κ3) is 5.72. The molecule has 0 spiro atoms. The molecule has 2 aliphatic heterocycles. The van der Waals surface area contributed by atoms with Crippen molar-refractivity contribution in [3.8, 4) is 0 Å². The Balaban J connectivity index is 1.83. The number of hydroxylamine groups is 4. The summed E-state index contributed by atoms with van der Waals surface area (Å²) in [5.41, 5.74) is -1.73. The van der Waals surface area contributed by atoms with Crippen LogP contribution in [0.4, 0.5) is 0 Å². The molecule has 2 rings (SSSR count). The van der Waals surface area contributed by atoms with Crippen molar-refractivity contribution in [1.82, 2.24) is 20.8 Å². The van der Waals surface area contributed by atoms with Gasteiger partial charge in [-0.25, -0.2) is 0 Å². The van der Waals surface area contributed by atoms with Gasteiger partial charge in [-0.1, -0.05) is 0 Å². The maximum absolute atomic E-state index is 12.5. The first-order valence-corrected chi connectivity index (χ1v) is 11.0. The predicted molar refractivity (Wildman–Crippen MR) is 115 cm³/mol. The number of nitrogens with one attached hydrogen (secondary N) is 2. The minimum Gasteiger partial charge on any atom is -0.353 e. The van der Waals surface area contributed by atoms with Gasteiger partial charge in [-0.15, -0.1) is 0 Å². The Morgan fingerprint density at radius 3 is 1.13 bits per heavy atom. The van der Waals surface area contributed by atoms with Crippen LogP contribution < -0.4 is 10.6 Å². The van der Waals surface area contributed by atoms with Gasteiger partial charge in [-0.2, -0.15) is 10.1 Å². The second kappa shape index (κ2) is 8.37. The van der Waals surface area contributed by atoms with Gasteiger partial charge in [0.2, 0.25) is 11.8 Å². The highest BCUT2D eigenvalue weighted by atomic mass is 16.5. The molecule has 0 aromatic heterocycles. The molecule has 0 unspecified atom stereocenters. The van der Waals surface area contributed by atoms with Crippen molar-refractivity contribution in [3.05, 3.63) is 0 Å². The van der Waals surface area contributed by atoms with E-state index in [9.17, 15) is 20.0 Å². The van der Waals surface area contributed by atoms with Gasteiger partial charge in [0, 0.05) is 47.1 Å². The van der Waals surface area contributed by atoms with E-state index in [1.54, 1.807) is 0 Å². The van der Waals surface area contributed by atoms with Gasteiger partial charge >= 0.3 is 0 Å². The molecular weight excluding hydrogens is 384 g/mol. The summed E-state index contributed by atoms with van der Waals surface area (Å²) in [6.45, 7) is 15.7. The lowest BCUT2D eigenvalue weighted by Crippen LogP contribution is -2.63. The van der Waals surface area contributed by atoms with Crippen molar-refractivity contribution in [3.63, 3.8) is 0 Å². The van der Waals surface area contributed by atoms with Crippen LogP contribution in [-0.2, 0) is 9.59 Å². The van der Waals surface area contributed by atoms with Crippen molar-refractivity contribution in [2.24, 2.45) is 0 Å². The van der Waals surface area contributed by atoms with E-state index < -0.39 is 22.2 Å². The number of hydrogen-bond acceptors (Lipinski definition) is 6. The molecule has 8 nitrogen and oxygen atoms in total. The zero-order valence-corrected chi connectivity index (χ0v) is 20.0. The number of hydrogen-bond donors (Lipinski definition) is 4. The molecule has 0 bridgehead atoms. The van der Waals surface area contributed by atoms with Crippen LogP contribution in [-0.4, -0.2) is 66.6 Å². The summed E-state index contributed by atoms with van der Waals surface area (Å²) < 4.78 is 0. The number of nitrogens with zero attached hydrogens (tertiary/aromatic N) is 2. The van der Waals surface area contributed by atoms with E-state index in [2.05, 4.69) is 10.6 Å². The minimum absolute atomic E-state index is 0.0376. The first kappa shape index (κ1) is 25.0. The number of rotatable bonds is 5. The molecule has 0 aromatic rings. The highest BCUT2D eigenvalue weighted by molar-refractivity contribution is 5.84. The van der Waals surface area contributed by atoms with Crippen LogP contribution in [0.25, 0.3) is 0 Å². The average Bonchev–Trinajstić information content (AvgIpc) is 2.54. The fourth-order valence-electron chi connectivity index (χ4n) is 5.57. The first-order valence-electron chi connectivity index (χ1n) is 11.0. The fourth-order valence-corrected chi connectivity index (χ4v) is 5.57. The smallest absolute Gasteiger partial charge is 0.220 e. The number of carbonyl (C=O) groups excluding carboxylic acids is 2. The van der Waals surface area contributed by atoms with Crippen LogP contribution in [0.3, 0.4) is 0 Å². The summed E-state index contributed by atoms with van der Waals surface area (Å²) in [6.07, 6.45) is 2.86. The lowest BCUT2D eigenvalue weighted by atomic mass is 9.79. The van der Waals surface area contributed by atoms with E-state index in [0.717, 1.165) is 0 Å².